The minimum absolute atomic E-state index is 0.557. The first-order valence-corrected chi connectivity index (χ1v) is 17.5. The number of fused-ring (bicyclic) bond motifs is 2. The van der Waals surface area contributed by atoms with E-state index in [4.69, 9.17) is 14.2 Å². The lowest BCUT2D eigenvalue weighted by Crippen LogP contribution is -2.00. The van der Waals surface area contributed by atoms with Gasteiger partial charge in [-0.15, -0.1) is 0 Å². The van der Waals surface area contributed by atoms with Crippen molar-refractivity contribution in [3.8, 4) is 11.5 Å². The Labute approximate surface area is 300 Å². The van der Waals surface area contributed by atoms with E-state index in [0.29, 0.717) is 13.2 Å². The summed E-state index contributed by atoms with van der Waals surface area (Å²) in [7, 11) is 0. The summed E-state index contributed by atoms with van der Waals surface area (Å²) in [4.78, 5) is 0. The Morgan fingerprint density at radius 3 is 1.10 bits per heavy atom. The summed E-state index contributed by atoms with van der Waals surface area (Å²) >= 11 is 0. The first-order chi connectivity index (χ1) is 25.3. The van der Waals surface area contributed by atoms with Gasteiger partial charge in [0.25, 0.3) is 0 Å². The number of hydrogen-bond donors (Lipinski definition) is 0. The normalized spacial score (nSPS) is 17.2. The molecule has 0 fully saturated rings. The SMILES string of the molecule is C(=C1OCCC(=Cc2ccccc2)c2c(Oc3cccc4c3C(=Cc3ccccc3)CCOC4=Cc3ccccc3)cccc21)c1ccccc1. The lowest BCUT2D eigenvalue weighted by Gasteiger charge is -2.20. The monoisotopic (exact) mass is 662 g/mol. The zero-order valence-corrected chi connectivity index (χ0v) is 28.4. The third-order valence-electron chi connectivity index (χ3n) is 9.18. The van der Waals surface area contributed by atoms with Crippen molar-refractivity contribution >= 4 is 47.0 Å². The van der Waals surface area contributed by atoms with Gasteiger partial charge in [-0.25, -0.2) is 0 Å². The van der Waals surface area contributed by atoms with E-state index in [0.717, 1.165) is 80.4 Å². The van der Waals surface area contributed by atoms with Crippen molar-refractivity contribution in [2.75, 3.05) is 13.2 Å². The summed E-state index contributed by atoms with van der Waals surface area (Å²) in [5.41, 5.74) is 10.9. The molecule has 3 heteroatoms. The summed E-state index contributed by atoms with van der Waals surface area (Å²) in [5.74, 6) is 3.23. The highest BCUT2D eigenvalue weighted by Crippen LogP contribution is 2.45. The average molecular weight is 663 g/mol. The zero-order valence-electron chi connectivity index (χ0n) is 28.4. The second-order valence-corrected chi connectivity index (χ2v) is 12.7. The third-order valence-corrected chi connectivity index (χ3v) is 9.18. The van der Waals surface area contributed by atoms with E-state index in [2.05, 4.69) is 158 Å². The van der Waals surface area contributed by atoms with Crippen molar-refractivity contribution in [2.45, 2.75) is 12.8 Å². The second kappa shape index (κ2) is 15.1. The Morgan fingerprint density at radius 2 is 0.725 bits per heavy atom. The van der Waals surface area contributed by atoms with Gasteiger partial charge in [0.05, 0.1) is 13.2 Å². The van der Waals surface area contributed by atoms with Crippen molar-refractivity contribution < 1.29 is 14.2 Å². The van der Waals surface area contributed by atoms with Crippen LogP contribution < -0.4 is 4.74 Å². The summed E-state index contributed by atoms with van der Waals surface area (Å²) < 4.78 is 20.2. The number of ether oxygens (including phenoxy) is 3. The minimum Gasteiger partial charge on any atom is -0.493 e. The van der Waals surface area contributed by atoms with E-state index < -0.39 is 0 Å². The molecule has 6 aromatic carbocycles. The molecule has 0 aromatic heterocycles. The topological polar surface area (TPSA) is 27.7 Å². The maximum atomic E-state index is 7.17. The molecule has 6 aromatic rings. The van der Waals surface area contributed by atoms with Crippen LogP contribution in [0.15, 0.2) is 158 Å². The second-order valence-electron chi connectivity index (χ2n) is 12.7. The van der Waals surface area contributed by atoms with Crippen molar-refractivity contribution in [1.29, 1.82) is 0 Å². The fourth-order valence-corrected chi connectivity index (χ4v) is 6.80. The molecule has 0 saturated carbocycles. The van der Waals surface area contributed by atoms with Gasteiger partial charge in [-0.3, -0.25) is 0 Å². The molecule has 0 radical (unpaired) electrons. The van der Waals surface area contributed by atoms with Gasteiger partial charge >= 0.3 is 0 Å². The van der Waals surface area contributed by atoms with E-state index in [-0.39, 0.29) is 0 Å². The molecule has 0 N–H and O–H groups in total. The summed E-state index contributed by atoms with van der Waals surface area (Å²) in [6.45, 7) is 1.11. The van der Waals surface area contributed by atoms with E-state index >= 15 is 0 Å². The van der Waals surface area contributed by atoms with Crippen LogP contribution >= 0.6 is 0 Å². The molecule has 51 heavy (non-hydrogen) atoms. The number of rotatable bonds is 6. The maximum absolute atomic E-state index is 7.17. The molecule has 0 unspecified atom stereocenters. The highest BCUT2D eigenvalue weighted by Gasteiger charge is 2.26. The minimum atomic E-state index is 0.557. The smallest absolute Gasteiger partial charge is 0.135 e. The Balaban J connectivity index is 1.31. The standard InChI is InChI=1S/C48H38O3/c1-5-15-35(16-6-1)31-39-27-29-49-45(33-37-19-9-3-10-20-37)41-23-13-25-43(47(39)41)51-44-26-14-24-42-46(34-38-21-11-4-12-22-38)50-30-28-40(48(42)44)32-36-17-7-2-8-18-36/h1-26,31-34H,27-30H2. The molecule has 0 spiro atoms. The Kier molecular flexibility index (Phi) is 9.43. The van der Waals surface area contributed by atoms with Crippen LogP contribution in [0.3, 0.4) is 0 Å². The van der Waals surface area contributed by atoms with E-state index in [1.54, 1.807) is 0 Å². The van der Waals surface area contributed by atoms with Crippen molar-refractivity contribution in [2.24, 2.45) is 0 Å². The molecular weight excluding hydrogens is 625 g/mol. The van der Waals surface area contributed by atoms with Crippen molar-refractivity contribution in [3.05, 3.63) is 202 Å². The van der Waals surface area contributed by atoms with Crippen LogP contribution in [0, 0.1) is 0 Å². The predicted molar refractivity (Wildman–Crippen MR) is 211 cm³/mol. The zero-order chi connectivity index (χ0) is 34.2. The maximum Gasteiger partial charge on any atom is 0.135 e. The van der Waals surface area contributed by atoms with Gasteiger partial charge in [0.2, 0.25) is 0 Å². The molecule has 2 aliphatic heterocycles. The van der Waals surface area contributed by atoms with Gasteiger partial charge in [0.15, 0.2) is 0 Å². The van der Waals surface area contributed by atoms with Gasteiger partial charge < -0.3 is 14.2 Å². The highest BCUT2D eigenvalue weighted by molar-refractivity contribution is 5.95. The molecule has 0 bridgehead atoms. The number of benzene rings is 6. The first-order valence-electron chi connectivity index (χ1n) is 17.5. The molecule has 248 valence electrons. The molecule has 0 atom stereocenters. The van der Waals surface area contributed by atoms with Crippen LogP contribution in [-0.4, -0.2) is 13.2 Å². The quantitative estimate of drug-likeness (QED) is 0.178. The molecule has 0 aliphatic carbocycles. The van der Waals surface area contributed by atoms with Crippen LogP contribution in [0.1, 0.15) is 57.3 Å². The van der Waals surface area contributed by atoms with Gasteiger partial charge in [-0.1, -0.05) is 158 Å². The van der Waals surface area contributed by atoms with Gasteiger partial charge in [0.1, 0.15) is 23.0 Å². The molecule has 3 nitrogen and oxygen atoms in total. The fraction of sp³-hybridized carbons (Fsp3) is 0.0833. The summed E-state index contributed by atoms with van der Waals surface area (Å²) in [6, 6.07) is 54.2. The molecule has 2 heterocycles. The highest BCUT2D eigenvalue weighted by atomic mass is 16.5. The largest absolute Gasteiger partial charge is 0.493 e. The lowest BCUT2D eigenvalue weighted by molar-refractivity contribution is 0.291. The van der Waals surface area contributed by atoms with Crippen LogP contribution in [-0.2, 0) is 9.47 Å². The average Bonchev–Trinajstić information content (AvgIpc) is 3.46. The van der Waals surface area contributed by atoms with Gasteiger partial charge in [-0.2, -0.15) is 0 Å². The first kappa shape index (κ1) is 31.9. The Hall–Kier alpha value is -6.32. The van der Waals surface area contributed by atoms with Gasteiger partial charge in [-0.05, 0) is 57.7 Å². The Morgan fingerprint density at radius 1 is 0.373 bits per heavy atom. The van der Waals surface area contributed by atoms with Crippen molar-refractivity contribution in [3.63, 3.8) is 0 Å². The van der Waals surface area contributed by atoms with Gasteiger partial charge in [0, 0.05) is 35.1 Å². The van der Waals surface area contributed by atoms with Crippen molar-refractivity contribution in [1.82, 2.24) is 0 Å². The van der Waals surface area contributed by atoms with E-state index in [9.17, 15) is 0 Å². The molecule has 0 saturated heterocycles. The molecule has 0 amide bonds. The van der Waals surface area contributed by atoms with Crippen LogP contribution in [0.4, 0.5) is 0 Å². The lowest BCUT2D eigenvalue weighted by atomic mass is 9.93. The van der Waals surface area contributed by atoms with Crippen LogP contribution in [0.25, 0.3) is 47.0 Å². The summed E-state index contributed by atoms with van der Waals surface area (Å²) in [6.07, 6.45) is 10.3. The van der Waals surface area contributed by atoms with E-state index in [1.807, 2.05) is 24.3 Å². The summed E-state index contributed by atoms with van der Waals surface area (Å²) in [5, 5.41) is 0. The molecule has 8 rings (SSSR count). The Bertz CT molecular complexity index is 2080. The predicted octanol–water partition coefficient (Wildman–Crippen LogP) is 12.4. The third kappa shape index (κ3) is 7.34. The fourth-order valence-electron chi connectivity index (χ4n) is 6.80. The molecule has 2 aliphatic rings. The van der Waals surface area contributed by atoms with Crippen LogP contribution in [0.5, 0.6) is 11.5 Å². The number of hydrogen-bond acceptors (Lipinski definition) is 3. The van der Waals surface area contributed by atoms with E-state index in [1.165, 1.54) is 11.1 Å². The molecular formula is C48H38O3. The van der Waals surface area contributed by atoms with Crippen LogP contribution in [0.2, 0.25) is 0 Å².